The molecular formula is C16H17N5O. The summed E-state index contributed by atoms with van der Waals surface area (Å²) in [5.41, 5.74) is 0.497. The van der Waals surface area contributed by atoms with E-state index in [1.165, 1.54) is 0 Å². The number of aromatic nitrogens is 2. The molecule has 0 aromatic carbocycles. The van der Waals surface area contributed by atoms with Crippen molar-refractivity contribution >= 4 is 11.6 Å². The van der Waals surface area contributed by atoms with Crippen LogP contribution in [-0.2, 0) is 0 Å². The summed E-state index contributed by atoms with van der Waals surface area (Å²) in [7, 11) is 1.57. The van der Waals surface area contributed by atoms with Gasteiger partial charge in [-0.3, -0.25) is 0 Å². The Hall–Kier alpha value is -2.81. The summed E-state index contributed by atoms with van der Waals surface area (Å²) in [5.74, 6) is 2.25. The highest BCUT2D eigenvalue weighted by molar-refractivity contribution is 5.61. The molecular weight excluding hydrogens is 278 g/mol. The minimum Gasteiger partial charge on any atom is -0.495 e. The van der Waals surface area contributed by atoms with Crippen molar-refractivity contribution in [2.75, 3.05) is 43.1 Å². The van der Waals surface area contributed by atoms with E-state index in [-0.39, 0.29) is 0 Å². The molecule has 22 heavy (non-hydrogen) atoms. The lowest BCUT2D eigenvalue weighted by atomic mass is 10.2. The van der Waals surface area contributed by atoms with Crippen LogP contribution in [0.3, 0.4) is 0 Å². The quantitative estimate of drug-likeness (QED) is 0.858. The molecule has 0 unspecified atom stereocenters. The molecule has 1 fully saturated rings. The van der Waals surface area contributed by atoms with E-state index in [4.69, 9.17) is 4.74 Å². The molecule has 1 aliphatic heterocycles. The number of hydrogen-bond acceptors (Lipinski definition) is 6. The minimum absolute atomic E-state index is 0.497. The Balaban J connectivity index is 1.76. The smallest absolute Gasteiger partial charge is 0.150 e. The fraction of sp³-hybridized carbons (Fsp3) is 0.312. The Kier molecular flexibility index (Phi) is 4.05. The third kappa shape index (κ3) is 2.66. The molecule has 1 saturated heterocycles. The fourth-order valence-electron chi connectivity index (χ4n) is 2.64. The Morgan fingerprint density at radius 3 is 2.45 bits per heavy atom. The zero-order valence-corrected chi connectivity index (χ0v) is 12.4. The lowest BCUT2D eigenvalue weighted by Crippen LogP contribution is -2.47. The van der Waals surface area contributed by atoms with Crippen LogP contribution >= 0.6 is 0 Å². The second-order valence-corrected chi connectivity index (χ2v) is 4.99. The lowest BCUT2D eigenvalue weighted by Gasteiger charge is -2.36. The van der Waals surface area contributed by atoms with Gasteiger partial charge >= 0.3 is 0 Å². The van der Waals surface area contributed by atoms with Crippen molar-refractivity contribution in [1.29, 1.82) is 5.26 Å². The molecule has 2 aromatic rings. The topological polar surface area (TPSA) is 65.3 Å². The zero-order chi connectivity index (χ0) is 15.4. The fourth-order valence-corrected chi connectivity index (χ4v) is 2.64. The molecule has 0 radical (unpaired) electrons. The van der Waals surface area contributed by atoms with Gasteiger partial charge < -0.3 is 14.5 Å². The zero-order valence-electron chi connectivity index (χ0n) is 12.4. The van der Waals surface area contributed by atoms with Gasteiger partial charge in [0.25, 0.3) is 0 Å². The van der Waals surface area contributed by atoms with Crippen LogP contribution < -0.4 is 14.5 Å². The van der Waals surface area contributed by atoms with Crippen LogP contribution in [0, 0.1) is 11.3 Å². The summed E-state index contributed by atoms with van der Waals surface area (Å²) in [6, 6.07) is 9.84. The number of piperazine rings is 1. The monoisotopic (exact) mass is 295 g/mol. The number of nitriles is 1. The van der Waals surface area contributed by atoms with E-state index in [0.717, 1.165) is 32.0 Å². The number of ether oxygens (including phenoxy) is 1. The van der Waals surface area contributed by atoms with E-state index in [2.05, 4.69) is 25.8 Å². The summed E-state index contributed by atoms with van der Waals surface area (Å²) >= 11 is 0. The van der Waals surface area contributed by atoms with E-state index >= 15 is 0 Å². The molecule has 112 valence electrons. The average molecular weight is 295 g/mol. The van der Waals surface area contributed by atoms with Crippen molar-refractivity contribution in [1.82, 2.24) is 9.97 Å². The minimum atomic E-state index is 0.497. The predicted molar refractivity (Wildman–Crippen MR) is 84.2 cm³/mol. The van der Waals surface area contributed by atoms with E-state index in [1.54, 1.807) is 25.6 Å². The maximum absolute atomic E-state index is 9.37. The van der Waals surface area contributed by atoms with E-state index < -0.39 is 0 Å². The molecule has 3 heterocycles. The molecule has 1 aliphatic rings. The maximum atomic E-state index is 9.37. The molecule has 0 saturated carbocycles. The predicted octanol–water partition coefficient (Wildman–Crippen LogP) is 1.68. The molecule has 0 aliphatic carbocycles. The summed E-state index contributed by atoms with van der Waals surface area (Å²) < 4.78 is 5.25. The molecule has 0 spiro atoms. The normalized spacial score (nSPS) is 14.5. The largest absolute Gasteiger partial charge is 0.495 e. The van der Waals surface area contributed by atoms with Crippen LogP contribution in [0.25, 0.3) is 0 Å². The van der Waals surface area contributed by atoms with Gasteiger partial charge in [0, 0.05) is 38.6 Å². The van der Waals surface area contributed by atoms with Crippen LogP contribution in [0.5, 0.6) is 5.75 Å². The highest BCUT2D eigenvalue weighted by atomic mass is 16.5. The standard InChI is InChI=1S/C16H17N5O/c1-22-14-5-7-19-16(13(14)12-17)21-10-8-20(9-11-21)15-4-2-3-6-18-15/h2-7H,8-11H2,1H3. The summed E-state index contributed by atoms with van der Waals surface area (Å²) in [4.78, 5) is 13.1. The van der Waals surface area contributed by atoms with Gasteiger partial charge in [0.2, 0.25) is 0 Å². The van der Waals surface area contributed by atoms with Gasteiger partial charge in [0.15, 0.2) is 0 Å². The molecule has 6 nitrogen and oxygen atoms in total. The summed E-state index contributed by atoms with van der Waals surface area (Å²) in [6.45, 7) is 3.29. The van der Waals surface area contributed by atoms with Gasteiger partial charge in [-0.1, -0.05) is 6.07 Å². The highest BCUT2D eigenvalue weighted by Gasteiger charge is 2.22. The second-order valence-electron chi connectivity index (χ2n) is 4.99. The van der Waals surface area contributed by atoms with Crippen LogP contribution in [0.1, 0.15) is 5.56 Å². The Bertz CT molecular complexity index is 675. The van der Waals surface area contributed by atoms with Crippen molar-refractivity contribution in [3.63, 3.8) is 0 Å². The van der Waals surface area contributed by atoms with Crippen LogP contribution in [-0.4, -0.2) is 43.3 Å². The Labute approximate surface area is 129 Å². The van der Waals surface area contributed by atoms with Gasteiger partial charge in [0.05, 0.1) is 7.11 Å². The summed E-state index contributed by atoms with van der Waals surface area (Å²) in [5, 5.41) is 9.37. The molecule has 0 N–H and O–H groups in total. The molecule has 6 heteroatoms. The van der Waals surface area contributed by atoms with E-state index in [9.17, 15) is 5.26 Å². The van der Waals surface area contributed by atoms with Crippen LogP contribution in [0.15, 0.2) is 36.7 Å². The van der Waals surface area contributed by atoms with Gasteiger partial charge in [-0.05, 0) is 18.2 Å². The first-order chi connectivity index (χ1) is 10.8. The first-order valence-electron chi connectivity index (χ1n) is 7.17. The third-order valence-electron chi connectivity index (χ3n) is 3.78. The van der Waals surface area contributed by atoms with Crippen LogP contribution in [0.2, 0.25) is 0 Å². The van der Waals surface area contributed by atoms with E-state index in [1.807, 2.05) is 18.2 Å². The van der Waals surface area contributed by atoms with Gasteiger partial charge in [-0.15, -0.1) is 0 Å². The highest BCUT2D eigenvalue weighted by Crippen LogP contribution is 2.27. The molecule has 2 aromatic heterocycles. The molecule has 0 bridgehead atoms. The number of nitrogens with zero attached hydrogens (tertiary/aromatic N) is 5. The van der Waals surface area contributed by atoms with Crippen molar-refractivity contribution in [3.05, 3.63) is 42.2 Å². The van der Waals surface area contributed by atoms with Gasteiger partial charge in [-0.2, -0.15) is 5.26 Å². The third-order valence-corrected chi connectivity index (χ3v) is 3.78. The van der Waals surface area contributed by atoms with Crippen LogP contribution in [0.4, 0.5) is 11.6 Å². The van der Waals surface area contributed by atoms with Crippen molar-refractivity contribution in [2.45, 2.75) is 0 Å². The van der Waals surface area contributed by atoms with Gasteiger partial charge in [-0.25, -0.2) is 9.97 Å². The van der Waals surface area contributed by atoms with E-state index in [0.29, 0.717) is 17.1 Å². The second kappa shape index (κ2) is 6.31. The first kappa shape index (κ1) is 14.1. The molecule has 0 amide bonds. The molecule has 0 atom stereocenters. The van der Waals surface area contributed by atoms with Crippen molar-refractivity contribution < 1.29 is 4.74 Å². The Morgan fingerprint density at radius 1 is 1.05 bits per heavy atom. The maximum Gasteiger partial charge on any atom is 0.150 e. The van der Waals surface area contributed by atoms with Crippen molar-refractivity contribution in [3.8, 4) is 11.8 Å². The lowest BCUT2D eigenvalue weighted by molar-refractivity contribution is 0.412. The number of pyridine rings is 2. The van der Waals surface area contributed by atoms with Crippen molar-refractivity contribution in [2.24, 2.45) is 0 Å². The first-order valence-corrected chi connectivity index (χ1v) is 7.17. The SMILES string of the molecule is COc1ccnc(N2CCN(c3ccccn3)CC2)c1C#N. The number of anilines is 2. The summed E-state index contributed by atoms with van der Waals surface area (Å²) in [6.07, 6.45) is 3.49. The Morgan fingerprint density at radius 2 is 1.82 bits per heavy atom. The number of rotatable bonds is 3. The van der Waals surface area contributed by atoms with Gasteiger partial charge in [0.1, 0.15) is 29.0 Å². The number of hydrogen-bond donors (Lipinski definition) is 0. The number of methoxy groups -OCH3 is 1. The molecule has 3 rings (SSSR count). The average Bonchev–Trinajstić information content (AvgIpc) is 2.62.